The Kier molecular flexibility index (Phi) is 20.3. The van der Waals surface area contributed by atoms with E-state index in [0.29, 0.717) is 13.2 Å². The molecule has 0 atom stereocenters. The smallest absolute Gasteiger partial charge is 0.320 e. The zero-order valence-electron chi connectivity index (χ0n) is 18.2. The fourth-order valence-corrected chi connectivity index (χ4v) is 3.30. The Morgan fingerprint density at radius 3 is 1.46 bits per heavy atom. The van der Waals surface area contributed by atoms with Crippen LogP contribution in [0.1, 0.15) is 117 Å². The summed E-state index contributed by atoms with van der Waals surface area (Å²) in [7, 11) is 0. The molecule has 3 heteroatoms. The van der Waals surface area contributed by atoms with Gasteiger partial charge in [0.25, 0.3) is 0 Å². The largest absolute Gasteiger partial charge is 0.465 e. The first-order valence-corrected chi connectivity index (χ1v) is 11.6. The first-order chi connectivity index (χ1) is 12.7. The number of hydrogen-bond acceptors (Lipinski definition) is 3. The molecule has 0 unspecified atom stereocenters. The fourth-order valence-electron chi connectivity index (χ4n) is 3.30. The molecule has 0 aromatic heterocycles. The predicted molar refractivity (Wildman–Crippen MR) is 114 cm³/mol. The van der Waals surface area contributed by atoms with Gasteiger partial charge in [0.1, 0.15) is 0 Å². The predicted octanol–water partition coefficient (Wildman–Crippen LogP) is 6.74. The second kappa shape index (κ2) is 20.7. The maximum Gasteiger partial charge on any atom is 0.320 e. The third-order valence-electron chi connectivity index (χ3n) is 4.98. The summed E-state index contributed by atoms with van der Waals surface area (Å²) in [6.07, 6.45) is 19.4. The van der Waals surface area contributed by atoms with Crippen molar-refractivity contribution in [1.82, 2.24) is 4.90 Å². The average molecular weight is 370 g/mol. The summed E-state index contributed by atoms with van der Waals surface area (Å²) in [6.45, 7) is 9.70. The lowest BCUT2D eigenvalue weighted by Crippen LogP contribution is -2.33. The minimum absolute atomic E-state index is 0.0438. The molecule has 0 bridgehead atoms. The van der Waals surface area contributed by atoms with Crippen molar-refractivity contribution >= 4 is 5.97 Å². The SMILES string of the molecule is CCCCCCCCCN(CCCCCCCCC)CC(=O)OCCC. The minimum Gasteiger partial charge on any atom is -0.465 e. The van der Waals surface area contributed by atoms with Crippen LogP contribution in [-0.2, 0) is 9.53 Å². The molecule has 0 radical (unpaired) electrons. The van der Waals surface area contributed by atoms with Crippen LogP contribution in [0.4, 0.5) is 0 Å². The highest BCUT2D eigenvalue weighted by Crippen LogP contribution is 2.10. The van der Waals surface area contributed by atoms with Gasteiger partial charge in [-0.15, -0.1) is 0 Å². The summed E-state index contributed by atoms with van der Waals surface area (Å²) in [5.74, 6) is -0.0438. The van der Waals surface area contributed by atoms with Crippen LogP contribution in [-0.4, -0.2) is 37.1 Å². The summed E-state index contributed by atoms with van der Waals surface area (Å²) < 4.78 is 5.28. The van der Waals surface area contributed by atoms with Crippen LogP contribution in [0.25, 0.3) is 0 Å². The number of carbonyl (C=O) groups is 1. The van der Waals surface area contributed by atoms with Gasteiger partial charge in [-0.1, -0.05) is 97.8 Å². The number of hydrogen-bond donors (Lipinski definition) is 0. The molecule has 0 N–H and O–H groups in total. The van der Waals surface area contributed by atoms with Crippen LogP contribution in [0.5, 0.6) is 0 Å². The van der Waals surface area contributed by atoms with Gasteiger partial charge in [-0.3, -0.25) is 9.69 Å². The van der Waals surface area contributed by atoms with Gasteiger partial charge in [0.2, 0.25) is 0 Å². The molecule has 0 fully saturated rings. The molecule has 0 aliphatic rings. The molecule has 0 heterocycles. The molecule has 0 saturated heterocycles. The van der Waals surface area contributed by atoms with Gasteiger partial charge in [-0.05, 0) is 32.4 Å². The van der Waals surface area contributed by atoms with E-state index in [0.717, 1.165) is 19.5 Å². The lowest BCUT2D eigenvalue weighted by atomic mass is 10.1. The van der Waals surface area contributed by atoms with Gasteiger partial charge in [0.05, 0.1) is 13.2 Å². The highest BCUT2D eigenvalue weighted by atomic mass is 16.5. The normalized spacial score (nSPS) is 11.2. The van der Waals surface area contributed by atoms with Gasteiger partial charge in [-0.25, -0.2) is 0 Å². The molecule has 0 spiro atoms. The van der Waals surface area contributed by atoms with Gasteiger partial charge in [0, 0.05) is 0 Å². The van der Waals surface area contributed by atoms with Crippen LogP contribution >= 0.6 is 0 Å². The zero-order chi connectivity index (χ0) is 19.3. The number of unbranched alkanes of at least 4 members (excludes halogenated alkanes) is 12. The Morgan fingerprint density at radius 1 is 0.615 bits per heavy atom. The highest BCUT2D eigenvalue weighted by molar-refractivity contribution is 5.71. The molecular formula is C23H47NO2. The van der Waals surface area contributed by atoms with E-state index in [-0.39, 0.29) is 5.97 Å². The molecule has 0 aliphatic heterocycles. The van der Waals surface area contributed by atoms with Crippen LogP contribution in [0.2, 0.25) is 0 Å². The van der Waals surface area contributed by atoms with Gasteiger partial charge in [-0.2, -0.15) is 0 Å². The van der Waals surface area contributed by atoms with E-state index < -0.39 is 0 Å². The molecule has 0 amide bonds. The summed E-state index contributed by atoms with van der Waals surface area (Å²) in [4.78, 5) is 14.3. The number of rotatable bonds is 20. The Labute approximate surface area is 164 Å². The lowest BCUT2D eigenvalue weighted by molar-refractivity contribution is -0.145. The minimum atomic E-state index is -0.0438. The van der Waals surface area contributed by atoms with Crippen LogP contribution in [0.3, 0.4) is 0 Å². The number of ether oxygens (including phenoxy) is 1. The number of nitrogens with zero attached hydrogens (tertiary/aromatic N) is 1. The van der Waals surface area contributed by atoms with Crippen molar-refractivity contribution in [1.29, 1.82) is 0 Å². The van der Waals surface area contributed by atoms with E-state index >= 15 is 0 Å². The summed E-state index contributed by atoms with van der Waals surface area (Å²) in [5.41, 5.74) is 0. The third-order valence-corrected chi connectivity index (χ3v) is 4.98. The first kappa shape index (κ1) is 25.4. The van der Waals surface area contributed by atoms with Crippen molar-refractivity contribution < 1.29 is 9.53 Å². The molecule has 0 rings (SSSR count). The average Bonchev–Trinajstić information content (AvgIpc) is 2.64. The maximum absolute atomic E-state index is 12.0. The maximum atomic E-state index is 12.0. The summed E-state index contributed by atoms with van der Waals surface area (Å²) in [6, 6.07) is 0. The molecule has 0 aromatic rings. The van der Waals surface area contributed by atoms with Crippen molar-refractivity contribution in [2.45, 2.75) is 117 Å². The Morgan fingerprint density at radius 2 is 1.04 bits per heavy atom. The van der Waals surface area contributed by atoms with Crippen molar-refractivity contribution in [2.75, 3.05) is 26.2 Å². The Bertz CT molecular complexity index is 276. The van der Waals surface area contributed by atoms with Crippen LogP contribution in [0.15, 0.2) is 0 Å². The molecule has 0 saturated carbocycles. The summed E-state index contributed by atoms with van der Waals surface area (Å²) >= 11 is 0. The monoisotopic (exact) mass is 369 g/mol. The molecule has 0 aliphatic carbocycles. The highest BCUT2D eigenvalue weighted by Gasteiger charge is 2.11. The number of carbonyl (C=O) groups excluding carboxylic acids is 1. The van der Waals surface area contributed by atoms with Crippen molar-refractivity contribution in [2.24, 2.45) is 0 Å². The van der Waals surface area contributed by atoms with Crippen molar-refractivity contribution in [3.63, 3.8) is 0 Å². The molecule has 156 valence electrons. The van der Waals surface area contributed by atoms with Crippen molar-refractivity contribution in [3.8, 4) is 0 Å². The van der Waals surface area contributed by atoms with Gasteiger partial charge >= 0.3 is 5.97 Å². The lowest BCUT2D eigenvalue weighted by Gasteiger charge is -2.21. The molecule has 0 aromatic carbocycles. The topological polar surface area (TPSA) is 29.5 Å². The third kappa shape index (κ3) is 18.2. The van der Waals surface area contributed by atoms with Crippen LogP contribution in [0, 0.1) is 0 Å². The zero-order valence-corrected chi connectivity index (χ0v) is 18.2. The van der Waals surface area contributed by atoms with Gasteiger partial charge in [0.15, 0.2) is 0 Å². The van der Waals surface area contributed by atoms with Gasteiger partial charge < -0.3 is 4.74 Å². The molecule has 26 heavy (non-hydrogen) atoms. The van der Waals surface area contributed by atoms with Crippen LogP contribution < -0.4 is 0 Å². The standard InChI is InChI=1S/C23H47NO2/c1-4-7-9-11-13-15-17-19-24(22-23(25)26-21-6-3)20-18-16-14-12-10-8-5-2/h4-22H2,1-3H3. The second-order valence-electron chi connectivity index (χ2n) is 7.74. The van der Waals surface area contributed by atoms with E-state index in [4.69, 9.17) is 4.74 Å². The van der Waals surface area contributed by atoms with E-state index in [1.807, 2.05) is 6.92 Å². The fraction of sp³-hybridized carbons (Fsp3) is 0.957. The van der Waals surface area contributed by atoms with E-state index in [9.17, 15) is 4.79 Å². The molecule has 3 nitrogen and oxygen atoms in total. The molecular weight excluding hydrogens is 322 g/mol. The van der Waals surface area contributed by atoms with Crippen molar-refractivity contribution in [3.05, 3.63) is 0 Å². The Balaban J connectivity index is 3.91. The van der Waals surface area contributed by atoms with E-state index in [1.54, 1.807) is 0 Å². The van der Waals surface area contributed by atoms with E-state index in [2.05, 4.69) is 18.7 Å². The Hall–Kier alpha value is -0.570. The second-order valence-corrected chi connectivity index (χ2v) is 7.74. The first-order valence-electron chi connectivity index (χ1n) is 11.6. The number of esters is 1. The quantitative estimate of drug-likeness (QED) is 0.176. The van der Waals surface area contributed by atoms with E-state index in [1.165, 1.54) is 89.9 Å². The summed E-state index contributed by atoms with van der Waals surface area (Å²) in [5, 5.41) is 0.